The largest absolute Gasteiger partial charge is 0.506 e. The second-order valence-electron chi connectivity index (χ2n) is 6.47. The van der Waals surface area contributed by atoms with Gasteiger partial charge in [-0.2, -0.15) is 0 Å². The molecule has 0 fully saturated rings. The van der Waals surface area contributed by atoms with E-state index in [0.29, 0.717) is 32.5 Å². The van der Waals surface area contributed by atoms with Crippen molar-refractivity contribution < 1.29 is 24.2 Å². The van der Waals surface area contributed by atoms with Crippen molar-refractivity contribution in [1.29, 1.82) is 0 Å². The Morgan fingerprint density at radius 1 is 1.42 bits per heavy atom. The van der Waals surface area contributed by atoms with Crippen LogP contribution in [0.4, 0.5) is 5.69 Å². The van der Waals surface area contributed by atoms with Crippen LogP contribution in [0.3, 0.4) is 0 Å². The van der Waals surface area contributed by atoms with E-state index in [1.165, 1.54) is 18.2 Å². The summed E-state index contributed by atoms with van der Waals surface area (Å²) in [6.07, 6.45) is 0.602. The fraction of sp³-hybridized carbons (Fsp3) is 0.250. The maximum atomic E-state index is 12.6. The molecule has 0 bridgehead atoms. The SMILES string of the molecule is CCOC(=O)c1sc2nc(SC(C)C(=O)Nc3cc(C=O)ccc3O)[nH]c(=O)c2c1C. The maximum absolute atomic E-state index is 12.6. The molecule has 3 rings (SSSR count). The van der Waals surface area contributed by atoms with Gasteiger partial charge in [0.25, 0.3) is 5.56 Å². The van der Waals surface area contributed by atoms with Gasteiger partial charge in [-0.3, -0.25) is 14.4 Å². The molecule has 11 heteroatoms. The van der Waals surface area contributed by atoms with Gasteiger partial charge in [-0.25, -0.2) is 9.78 Å². The first-order chi connectivity index (χ1) is 14.7. The molecule has 0 spiro atoms. The number of aldehydes is 1. The van der Waals surface area contributed by atoms with Crippen LogP contribution in [0, 0.1) is 6.92 Å². The molecule has 1 aromatic carbocycles. The van der Waals surface area contributed by atoms with Crippen molar-refractivity contribution in [2.24, 2.45) is 0 Å². The average Bonchev–Trinajstić information content (AvgIpc) is 3.06. The van der Waals surface area contributed by atoms with Crippen molar-refractivity contribution in [2.45, 2.75) is 31.2 Å². The smallest absolute Gasteiger partial charge is 0.348 e. The fourth-order valence-electron chi connectivity index (χ4n) is 2.75. The molecule has 162 valence electrons. The number of aryl methyl sites for hydroxylation is 1. The Hall–Kier alpha value is -3.18. The zero-order chi connectivity index (χ0) is 22.7. The van der Waals surface area contributed by atoms with Gasteiger partial charge < -0.3 is 20.1 Å². The molecule has 1 unspecified atom stereocenters. The van der Waals surface area contributed by atoms with Gasteiger partial charge >= 0.3 is 5.97 Å². The number of amides is 1. The number of aromatic nitrogens is 2. The molecule has 0 radical (unpaired) electrons. The first-order valence-electron chi connectivity index (χ1n) is 9.21. The minimum atomic E-state index is -0.689. The van der Waals surface area contributed by atoms with Gasteiger partial charge in [0.15, 0.2) is 5.16 Å². The summed E-state index contributed by atoms with van der Waals surface area (Å²) in [5, 5.41) is 12.3. The highest BCUT2D eigenvalue weighted by molar-refractivity contribution is 8.00. The van der Waals surface area contributed by atoms with Crippen LogP contribution in [-0.2, 0) is 9.53 Å². The van der Waals surface area contributed by atoms with Gasteiger partial charge in [0, 0.05) is 5.56 Å². The number of phenols is 1. The number of hydrogen-bond donors (Lipinski definition) is 3. The Morgan fingerprint density at radius 2 is 2.16 bits per heavy atom. The number of benzene rings is 1. The van der Waals surface area contributed by atoms with Crippen LogP contribution in [0.1, 0.15) is 39.4 Å². The number of thiophene rings is 1. The number of aromatic amines is 1. The number of H-pyrrole nitrogens is 1. The van der Waals surface area contributed by atoms with Gasteiger partial charge in [0.2, 0.25) is 5.91 Å². The van der Waals surface area contributed by atoms with Crippen LogP contribution in [0.2, 0.25) is 0 Å². The lowest BCUT2D eigenvalue weighted by Crippen LogP contribution is -2.23. The summed E-state index contributed by atoms with van der Waals surface area (Å²) < 4.78 is 5.02. The third-order valence-electron chi connectivity index (χ3n) is 4.31. The number of nitrogens with zero attached hydrogens (tertiary/aromatic N) is 1. The number of rotatable bonds is 7. The Balaban J connectivity index is 1.82. The molecule has 0 aliphatic heterocycles. The molecule has 0 aliphatic rings. The Kier molecular flexibility index (Phi) is 6.76. The monoisotopic (exact) mass is 461 g/mol. The quantitative estimate of drug-likeness (QED) is 0.160. The summed E-state index contributed by atoms with van der Waals surface area (Å²) >= 11 is 2.07. The first kappa shape index (κ1) is 22.5. The molecule has 3 N–H and O–H groups in total. The number of fused-ring (bicyclic) bond motifs is 1. The highest BCUT2D eigenvalue weighted by atomic mass is 32.2. The van der Waals surface area contributed by atoms with Crippen LogP contribution in [-0.4, -0.2) is 45.1 Å². The van der Waals surface area contributed by atoms with Gasteiger partial charge in [-0.05, 0) is 44.5 Å². The van der Waals surface area contributed by atoms with Gasteiger partial charge in [0.1, 0.15) is 21.7 Å². The zero-order valence-electron chi connectivity index (χ0n) is 16.8. The predicted octanol–water partition coefficient (Wildman–Crippen LogP) is 3.11. The number of aromatic hydroxyl groups is 1. The maximum Gasteiger partial charge on any atom is 0.348 e. The van der Waals surface area contributed by atoms with E-state index >= 15 is 0 Å². The van der Waals surface area contributed by atoms with Crippen molar-refractivity contribution in [1.82, 2.24) is 9.97 Å². The van der Waals surface area contributed by atoms with E-state index in [1.807, 2.05) is 0 Å². The Labute approximate surface area is 184 Å². The van der Waals surface area contributed by atoms with Gasteiger partial charge in [-0.15, -0.1) is 11.3 Å². The molecule has 0 saturated heterocycles. The topological polar surface area (TPSA) is 138 Å². The number of carbonyl (C=O) groups excluding carboxylic acids is 3. The van der Waals surface area contributed by atoms with Crippen molar-refractivity contribution >= 4 is 57.2 Å². The average molecular weight is 462 g/mol. The number of phenolic OH excluding ortho intramolecular Hbond substituents is 1. The van der Waals surface area contributed by atoms with Crippen molar-refractivity contribution in [3.63, 3.8) is 0 Å². The molecule has 1 amide bonds. The lowest BCUT2D eigenvalue weighted by atomic mass is 10.2. The number of hydrogen-bond acceptors (Lipinski definition) is 9. The fourth-order valence-corrected chi connectivity index (χ4v) is 4.68. The van der Waals surface area contributed by atoms with Crippen LogP contribution in [0.5, 0.6) is 5.75 Å². The summed E-state index contributed by atoms with van der Waals surface area (Å²) in [6, 6.07) is 4.09. The van der Waals surface area contributed by atoms with E-state index in [4.69, 9.17) is 4.74 Å². The lowest BCUT2D eigenvalue weighted by Gasteiger charge is -2.12. The molecule has 31 heavy (non-hydrogen) atoms. The predicted molar refractivity (Wildman–Crippen MR) is 118 cm³/mol. The Bertz CT molecular complexity index is 1230. The number of esters is 1. The number of anilines is 1. The number of ether oxygens (including phenoxy) is 1. The highest BCUT2D eigenvalue weighted by Crippen LogP contribution is 2.30. The van der Waals surface area contributed by atoms with Crippen molar-refractivity contribution in [3.8, 4) is 5.75 Å². The second kappa shape index (κ2) is 9.31. The highest BCUT2D eigenvalue weighted by Gasteiger charge is 2.22. The lowest BCUT2D eigenvalue weighted by molar-refractivity contribution is -0.115. The standard InChI is InChI=1S/C20H19N3O6S2/c1-4-29-19(28)15-9(2)14-17(27)22-20(23-18(14)31-15)30-10(3)16(26)21-12-7-11(8-24)5-6-13(12)25/h5-8,10,25H,4H2,1-3H3,(H,21,26)(H,22,23,27). The summed E-state index contributed by atoms with van der Waals surface area (Å²) in [5.74, 6) is -1.15. The third-order valence-corrected chi connectivity index (χ3v) is 6.46. The van der Waals surface area contributed by atoms with Gasteiger partial charge in [-0.1, -0.05) is 11.8 Å². The number of carbonyl (C=O) groups is 3. The number of nitrogens with one attached hydrogen (secondary N) is 2. The normalized spacial score (nSPS) is 11.8. The molecule has 0 aliphatic carbocycles. The molecule has 9 nitrogen and oxygen atoms in total. The second-order valence-corrected chi connectivity index (χ2v) is 8.80. The van der Waals surface area contributed by atoms with E-state index in [9.17, 15) is 24.3 Å². The van der Waals surface area contributed by atoms with Crippen LogP contribution in [0.25, 0.3) is 10.2 Å². The van der Waals surface area contributed by atoms with E-state index in [-0.39, 0.29) is 23.2 Å². The Morgan fingerprint density at radius 3 is 2.84 bits per heavy atom. The summed E-state index contributed by atoms with van der Waals surface area (Å²) in [5.41, 5.74) is 0.489. The number of thioether (sulfide) groups is 1. The third kappa shape index (κ3) is 4.78. The van der Waals surface area contributed by atoms with E-state index in [2.05, 4.69) is 15.3 Å². The van der Waals surface area contributed by atoms with E-state index < -0.39 is 22.7 Å². The van der Waals surface area contributed by atoms with Crippen molar-refractivity contribution in [2.75, 3.05) is 11.9 Å². The molecular formula is C20H19N3O6S2. The molecule has 3 aromatic rings. The van der Waals surface area contributed by atoms with Crippen LogP contribution in [0.15, 0.2) is 28.2 Å². The molecule has 0 saturated carbocycles. The summed E-state index contributed by atoms with van der Waals surface area (Å²) in [6.45, 7) is 5.18. The van der Waals surface area contributed by atoms with Crippen molar-refractivity contribution in [3.05, 3.63) is 44.6 Å². The van der Waals surface area contributed by atoms with E-state index in [0.717, 1.165) is 23.1 Å². The first-order valence-corrected chi connectivity index (χ1v) is 10.9. The zero-order valence-corrected chi connectivity index (χ0v) is 18.5. The molecule has 1 atom stereocenters. The molecule has 2 aromatic heterocycles. The van der Waals surface area contributed by atoms with E-state index in [1.54, 1.807) is 20.8 Å². The summed E-state index contributed by atoms with van der Waals surface area (Å²) in [7, 11) is 0. The van der Waals surface area contributed by atoms with Gasteiger partial charge in [0.05, 0.1) is 22.9 Å². The molecular weight excluding hydrogens is 442 g/mol. The minimum Gasteiger partial charge on any atom is -0.506 e. The minimum absolute atomic E-state index is 0.104. The van der Waals surface area contributed by atoms with Crippen LogP contribution < -0.4 is 10.9 Å². The summed E-state index contributed by atoms with van der Waals surface area (Å²) in [4.78, 5) is 55.8. The van der Waals surface area contributed by atoms with Crippen LogP contribution >= 0.6 is 23.1 Å². The molecule has 2 heterocycles.